The smallest absolute Gasteiger partial charge is 0.338 e. The van der Waals surface area contributed by atoms with E-state index in [0.717, 1.165) is 0 Å². The van der Waals surface area contributed by atoms with Gasteiger partial charge in [-0.1, -0.05) is 12.1 Å². The minimum absolute atomic E-state index is 0.104. The van der Waals surface area contributed by atoms with Gasteiger partial charge in [0.2, 0.25) is 0 Å². The van der Waals surface area contributed by atoms with Crippen molar-refractivity contribution in [1.82, 2.24) is 5.32 Å². The first-order valence-electron chi connectivity index (χ1n) is 6.88. The van der Waals surface area contributed by atoms with Crippen LogP contribution in [0.25, 0.3) is 0 Å². The van der Waals surface area contributed by atoms with Gasteiger partial charge in [0.1, 0.15) is 5.82 Å². The van der Waals surface area contributed by atoms with Crippen molar-refractivity contribution >= 4 is 17.6 Å². The van der Waals surface area contributed by atoms with Gasteiger partial charge >= 0.3 is 5.97 Å². The van der Waals surface area contributed by atoms with Gasteiger partial charge in [0, 0.05) is 18.7 Å². The molecule has 0 aromatic heterocycles. The molecule has 24 heavy (non-hydrogen) atoms. The van der Waals surface area contributed by atoms with Crippen LogP contribution >= 0.6 is 0 Å². The molecular weight excluding hydrogens is 319 g/mol. The number of carbonyl (C=O) groups excluding carboxylic acids is 2. The van der Waals surface area contributed by atoms with Crippen LogP contribution in [0.15, 0.2) is 48.5 Å². The summed E-state index contributed by atoms with van der Waals surface area (Å²) < 4.78 is 17.6. The van der Waals surface area contributed by atoms with Gasteiger partial charge in [0.05, 0.1) is 10.5 Å². The Morgan fingerprint density at radius 3 is 2.29 bits per heavy atom. The molecular formula is C16H13FN2O5. The second kappa shape index (κ2) is 7.82. The molecule has 1 amide bonds. The number of hydrogen-bond donors (Lipinski definition) is 1. The highest BCUT2D eigenvalue weighted by Gasteiger charge is 2.12. The Bertz CT molecular complexity index is 744. The van der Waals surface area contributed by atoms with Crippen LogP contribution in [0.2, 0.25) is 0 Å². The van der Waals surface area contributed by atoms with E-state index in [2.05, 4.69) is 5.32 Å². The maximum atomic E-state index is 12.7. The molecule has 0 saturated carbocycles. The monoisotopic (exact) mass is 332 g/mol. The van der Waals surface area contributed by atoms with Gasteiger partial charge in [-0.15, -0.1) is 0 Å². The van der Waals surface area contributed by atoms with E-state index in [-0.39, 0.29) is 23.6 Å². The van der Waals surface area contributed by atoms with E-state index in [1.807, 2.05) is 0 Å². The summed E-state index contributed by atoms with van der Waals surface area (Å²) in [6, 6.07) is 10.4. The number of nitrogens with zero attached hydrogens (tertiary/aromatic N) is 1. The summed E-state index contributed by atoms with van der Waals surface area (Å²) in [7, 11) is 0. The molecule has 0 atom stereocenters. The van der Waals surface area contributed by atoms with Gasteiger partial charge < -0.3 is 10.1 Å². The molecule has 0 bridgehead atoms. The number of nitro groups is 1. The maximum Gasteiger partial charge on any atom is 0.338 e. The summed E-state index contributed by atoms with van der Waals surface area (Å²) in [6.07, 6.45) is 0. The molecule has 0 aliphatic heterocycles. The number of benzene rings is 2. The Morgan fingerprint density at radius 2 is 1.71 bits per heavy atom. The summed E-state index contributed by atoms with van der Waals surface area (Å²) >= 11 is 0. The number of nitro benzene ring substituents is 1. The van der Waals surface area contributed by atoms with E-state index in [0.29, 0.717) is 5.56 Å². The fourth-order valence-electron chi connectivity index (χ4n) is 1.79. The van der Waals surface area contributed by atoms with Crippen molar-refractivity contribution in [1.29, 1.82) is 0 Å². The van der Waals surface area contributed by atoms with Gasteiger partial charge in [0.25, 0.3) is 11.6 Å². The molecule has 0 radical (unpaired) electrons. The number of esters is 1. The largest absolute Gasteiger partial charge is 0.452 e. The molecule has 0 saturated heterocycles. The van der Waals surface area contributed by atoms with Gasteiger partial charge in [-0.2, -0.15) is 0 Å². The van der Waals surface area contributed by atoms with Gasteiger partial charge in [0.15, 0.2) is 6.61 Å². The Morgan fingerprint density at radius 1 is 1.08 bits per heavy atom. The molecule has 0 heterocycles. The Kier molecular flexibility index (Phi) is 5.56. The summed E-state index contributed by atoms with van der Waals surface area (Å²) in [5.41, 5.74) is 0.655. The van der Waals surface area contributed by atoms with Crippen LogP contribution in [0.3, 0.4) is 0 Å². The van der Waals surface area contributed by atoms with Crippen molar-refractivity contribution < 1.29 is 23.6 Å². The van der Waals surface area contributed by atoms with Crippen molar-refractivity contribution in [2.24, 2.45) is 0 Å². The van der Waals surface area contributed by atoms with Crippen LogP contribution in [0.5, 0.6) is 0 Å². The van der Waals surface area contributed by atoms with Crippen molar-refractivity contribution in [2.45, 2.75) is 6.54 Å². The molecule has 2 rings (SSSR count). The number of rotatable bonds is 6. The Labute approximate surface area is 136 Å². The zero-order valence-electron chi connectivity index (χ0n) is 12.4. The molecule has 0 aliphatic carbocycles. The normalized spacial score (nSPS) is 10.0. The fraction of sp³-hybridized carbons (Fsp3) is 0.125. The van der Waals surface area contributed by atoms with E-state index in [1.54, 1.807) is 0 Å². The third-order valence-corrected chi connectivity index (χ3v) is 3.05. The molecule has 2 aromatic rings. The van der Waals surface area contributed by atoms with Crippen LogP contribution in [0.4, 0.5) is 10.1 Å². The minimum Gasteiger partial charge on any atom is -0.452 e. The Balaban J connectivity index is 1.79. The van der Waals surface area contributed by atoms with Crippen LogP contribution < -0.4 is 5.32 Å². The van der Waals surface area contributed by atoms with Crippen LogP contribution in [-0.2, 0) is 16.1 Å². The first-order valence-corrected chi connectivity index (χ1v) is 6.88. The lowest BCUT2D eigenvalue weighted by atomic mass is 10.2. The van der Waals surface area contributed by atoms with Crippen LogP contribution in [-0.4, -0.2) is 23.4 Å². The highest BCUT2D eigenvalue weighted by Crippen LogP contribution is 2.12. The third-order valence-electron chi connectivity index (χ3n) is 3.05. The molecule has 124 valence electrons. The number of amides is 1. The third kappa shape index (κ3) is 4.87. The Hall–Kier alpha value is -3.29. The summed E-state index contributed by atoms with van der Waals surface area (Å²) in [5.74, 6) is -1.65. The van der Waals surface area contributed by atoms with Crippen molar-refractivity contribution in [3.63, 3.8) is 0 Å². The standard InChI is InChI=1S/C16H13FN2O5/c17-13-5-1-11(2-6-13)9-18-15(20)10-24-16(21)12-3-7-14(8-4-12)19(22)23/h1-8H,9-10H2,(H,18,20). The van der Waals surface area contributed by atoms with E-state index in [1.165, 1.54) is 48.5 Å². The number of halogens is 1. The first-order chi connectivity index (χ1) is 11.5. The number of nitrogens with one attached hydrogen (secondary N) is 1. The molecule has 0 aliphatic rings. The molecule has 2 aromatic carbocycles. The molecule has 0 fully saturated rings. The lowest BCUT2D eigenvalue weighted by Crippen LogP contribution is -2.28. The second-order valence-electron chi connectivity index (χ2n) is 4.78. The van der Waals surface area contributed by atoms with Gasteiger partial charge in [-0.3, -0.25) is 14.9 Å². The lowest BCUT2D eigenvalue weighted by molar-refractivity contribution is -0.384. The van der Waals surface area contributed by atoms with E-state index >= 15 is 0 Å². The lowest BCUT2D eigenvalue weighted by Gasteiger charge is -2.07. The fourth-order valence-corrected chi connectivity index (χ4v) is 1.79. The van der Waals surface area contributed by atoms with E-state index in [9.17, 15) is 24.1 Å². The summed E-state index contributed by atoms with van der Waals surface area (Å²) in [5, 5.41) is 13.0. The predicted molar refractivity (Wildman–Crippen MR) is 81.6 cm³/mol. The van der Waals surface area contributed by atoms with Crippen molar-refractivity contribution in [3.05, 3.63) is 75.6 Å². The summed E-state index contributed by atoms with van der Waals surface area (Å²) in [4.78, 5) is 33.3. The summed E-state index contributed by atoms with van der Waals surface area (Å²) in [6.45, 7) is -0.314. The zero-order valence-corrected chi connectivity index (χ0v) is 12.4. The minimum atomic E-state index is -0.762. The van der Waals surface area contributed by atoms with Crippen molar-refractivity contribution in [3.8, 4) is 0 Å². The molecule has 0 unspecified atom stereocenters. The average molecular weight is 332 g/mol. The second-order valence-corrected chi connectivity index (χ2v) is 4.78. The number of non-ortho nitro benzene ring substituents is 1. The highest BCUT2D eigenvalue weighted by atomic mass is 19.1. The predicted octanol–water partition coefficient (Wildman–Crippen LogP) is 2.21. The van der Waals surface area contributed by atoms with E-state index < -0.39 is 23.4 Å². The van der Waals surface area contributed by atoms with Gasteiger partial charge in [-0.05, 0) is 29.8 Å². The SMILES string of the molecule is O=C(COC(=O)c1ccc([N+](=O)[O-])cc1)NCc1ccc(F)cc1. The first kappa shape index (κ1) is 17.1. The highest BCUT2D eigenvalue weighted by molar-refractivity contribution is 5.91. The van der Waals surface area contributed by atoms with E-state index in [4.69, 9.17) is 4.74 Å². The van der Waals surface area contributed by atoms with Crippen LogP contribution in [0.1, 0.15) is 15.9 Å². The van der Waals surface area contributed by atoms with Crippen LogP contribution in [0, 0.1) is 15.9 Å². The molecule has 7 nitrogen and oxygen atoms in total. The van der Waals surface area contributed by atoms with Gasteiger partial charge in [-0.25, -0.2) is 9.18 Å². The number of ether oxygens (including phenoxy) is 1. The average Bonchev–Trinajstić information content (AvgIpc) is 2.59. The maximum absolute atomic E-state index is 12.7. The molecule has 0 spiro atoms. The molecule has 8 heteroatoms. The molecule has 1 N–H and O–H groups in total. The number of hydrogen-bond acceptors (Lipinski definition) is 5. The topological polar surface area (TPSA) is 98.5 Å². The number of carbonyl (C=O) groups is 2. The quantitative estimate of drug-likeness (QED) is 0.497. The zero-order chi connectivity index (χ0) is 17.5. The van der Waals surface area contributed by atoms with Crippen molar-refractivity contribution in [2.75, 3.05) is 6.61 Å².